The van der Waals surface area contributed by atoms with Crippen LogP contribution in [0.3, 0.4) is 0 Å². The van der Waals surface area contributed by atoms with E-state index in [0.29, 0.717) is 17.5 Å². The summed E-state index contributed by atoms with van der Waals surface area (Å²) in [4.78, 5) is 15.1. The molecular formula is C28H31ClN2O. The quantitative estimate of drug-likeness (QED) is 0.467. The van der Waals surface area contributed by atoms with Gasteiger partial charge < -0.3 is 10.2 Å². The van der Waals surface area contributed by atoms with Crippen LogP contribution in [-0.2, 0) is 11.3 Å². The van der Waals surface area contributed by atoms with E-state index >= 15 is 0 Å². The minimum absolute atomic E-state index is 0.109. The van der Waals surface area contributed by atoms with Crippen LogP contribution in [0, 0.1) is 5.92 Å². The van der Waals surface area contributed by atoms with Crippen molar-refractivity contribution in [2.45, 2.75) is 31.7 Å². The second kappa shape index (κ2) is 11.3. The van der Waals surface area contributed by atoms with Crippen LogP contribution in [0.1, 0.15) is 41.9 Å². The minimum Gasteiger partial charge on any atom is -0.352 e. The summed E-state index contributed by atoms with van der Waals surface area (Å²) in [5.74, 6) is 0.682. The normalized spacial score (nSPS) is 15.1. The number of nitrogens with one attached hydrogen (secondary N) is 1. The molecule has 32 heavy (non-hydrogen) atoms. The van der Waals surface area contributed by atoms with Crippen molar-refractivity contribution in [3.8, 4) is 0 Å². The van der Waals surface area contributed by atoms with Gasteiger partial charge in [-0.05, 0) is 67.7 Å². The Hall–Kier alpha value is -2.62. The van der Waals surface area contributed by atoms with E-state index in [1.54, 1.807) is 0 Å². The van der Waals surface area contributed by atoms with Crippen LogP contribution in [0.4, 0.5) is 0 Å². The van der Waals surface area contributed by atoms with Crippen LogP contribution in [0.5, 0.6) is 0 Å². The van der Waals surface area contributed by atoms with Crippen molar-refractivity contribution in [1.82, 2.24) is 10.2 Å². The smallest absolute Gasteiger partial charge is 0.223 e. The number of carbonyl (C=O) groups excluding carboxylic acids is 1. The molecule has 0 spiro atoms. The van der Waals surface area contributed by atoms with Gasteiger partial charge in [0.05, 0.1) is 0 Å². The summed E-state index contributed by atoms with van der Waals surface area (Å²) in [6.07, 6.45) is 2.93. The molecule has 1 saturated heterocycles. The summed E-state index contributed by atoms with van der Waals surface area (Å²) in [5.41, 5.74) is 3.82. The largest absolute Gasteiger partial charge is 0.352 e. The van der Waals surface area contributed by atoms with Gasteiger partial charge in [-0.25, -0.2) is 0 Å². The Balaban J connectivity index is 1.26. The van der Waals surface area contributed by atoms with Crippen LogP contribution in [0.15, 0.2) is 84.9 Å². The Kier molecular flexibility index (Phi) is 7.97. The average molecular weight is 447 g/mol. The Morgan fingerprint density at radius 3 is 2.00 bits per heavy atom. The molecule has 3 aromatic carbocycles. The van der Waals surface area contributed by atoms with Crippen molar-refractivity contribution in [3.05, 3.63) is 107 Å². The molecule has 0 bridgehead atoms. The van der Waals surface area contributed by atoms with E-state index in [4.69, 9.17) is 11.6 Å². The first-order valence-corrected chi connectivity index (χ1v) is 11.9. The van der Waals surface area contributed by atoms with E-state index in [2.05, 4.69) is 70.9 Å². The maximum Gasteiger partial charge on any atom is 0.223 e. The third-order valence-electron chi connectivity index (χ3n) is 6.48. The van der Waals surface area contributed by atoms with Crippen molar-refractivity contribution in [2.24, 2.45) is 5.92 Å². The lowest BCUT2D eigenvalue weighted by atomic mass is 9.88. The summed E-state index contributed by atoms with van der Waals surface area (Å²) in [6.45, 7) is 3.57. The van der Waals surface area contributed by atoms with E-state index in [-0.39, 0.29) is 11.8 Å². The zero-order valence-electron chi connectivity index (χ0n) is 18.4. The van der Waals surface area contributed by atoms with E-state index < -0.39 is 0 Å². The van der Waals surface area contributed by atoms with Gasteiger partial charge in [-0.2, -0.15) is 0 Å². The van der Waals surface area contributed by atoms with Crippen LogP contribution in [0.25, 0.3) is 0 Å². The van der Waals surface area contributed by atoms with Gasteiger partial charge >= 0.3 is 0 Å². The van der Waals surface area contributed by atoms with Gasteiger partial charge in [-0.1, -0.05) is 84.4 Å². The third kappa shape index (κ3) is 6.21. The van der Waals surface area contributed by atoms with Gasteiger partial charge in [0.15, 0.2) is 0 Å². The average Bonchev–Trinajstić information content (AvgIpc) is 2.85. The zero-order valence-corrected chi connectivity index (χ0v) is 19.2. The van der Waals surface area contributed by atoms with Crippen molar-refractivity contribution >= 4 is 17.5 Å². The van der Waals surface area contributed by atoms with Crippen molar-refractivity contribution < 1.29 is 4.79 Å². The number of carbonyl (C=O) groups is 1. The molecule has 0 saturated carbocycles. The molecule has 4 rings (SSSR count). The van der Waals surface area contributed by atoms with Crippen LogP contribution < -0.4 is 5.32 Å². The van der Waals surface area contributed by atoms with Crippen LogP contribution in [-0.4, -0.2) is 30.4 Å². The first-order chi connectivity index (χ1) is 15.7. The maximum absolute atomic E-state index is 12.6. The fourth-order valence-corrected chi connectivity index (χ4v) is 4.69. The van der Waals surface area contributed by atoms with E-state index in [1.165, 1.54) is 11.1 Å². The van der Waals surface area contributed by atoms with E-state index in [9.17, 15) is 4.79 Å². The molecule has 3 nitrogen and oxygen atoms in total. The van der Waals surface area contributed by atoms with Crippen molar-refractivity contribution in [1.29, 1.82) is 0 Å². The molecule has 1 amide bonds. The SMILES string of the molecule is O=C(NCc1ccc(Cl)cc1)C1CCN(CCC(c2ccccc2)c2ccccc2)CC1. The van der Waals surface area contributed by atoms with Gasteiger partial charge in [0.1, 0.15) is 0 Å². The third-order valence-corrected chi connectivity index (χ3v) is 6.73. The van der Waals surface area contributed by atoms with Gasteiger partial charge in [-0.15, -0.1) is 0 Å². The molecule has 1 N–H and O–H groups in total. The molecule has 1 heterocycles. The minimum atomic E-state index is 0.109. The highest BCUT2D eigenvalue weighted by molar-refractivity contribution is 6.30. The molecule has 4 heteroatoms. The van der Waals surface area contributed by atoms with E-state index in [1.807, 2.05) is 24.3 Å². The maximum atomic E-state index is 12.6. The van der Waals surface area contributed by atoms with Gasteiger partial charge in [0.25, 0.3) is 0 Å². The Morgan fingerprint density at radius 2 is 1.44 bits per heavy atom. The number of likely N-dealkylation sites (tertiary alicyclic amines) is 1. The predicted octanol–water partition coefficient (Wildman–Crippen LogP) is 5.89. The summed E-state index contributed by atoms with van der Waals surface area (Å²) < 4.78 is 0. The highest BCUT2D eigenvalue weighted by Crippen LogP contribution is 2.29. The Morgan fingerprint density at radius 1 is 0.875 bits per heavy atom. The molecule has 3 aromatic rings. The molecule has 166 valence electrons. The summed E-state index contributed by atoms with van der Waals surface area (Å²) in [6, 6.07) is 29.2. The number of hydrogen-bond acceptors (Lipinski definition) is 2. The second-order valence-corrected chi connectivity index (χ2v) is 9.06. The molecule has 1 aliphatic rings. The van der Waals surface area contributed by atoms with E-state index in [0.717, 1.165) is 44.5 Å². The van der Waals surface area contributed by atoms with Crippen molar-refractivity contribution in [3.63, 3.8) is 0 Å². The van der Waals surface area contributed by atoms with Crippen LogP contribution in [0.2, 0.25) is 5.02 Å². The topological polar surface area (TPSA) is 32.3 Å². The lowest BCUT2D eigenvalue weighted by molar-refractivity contribution is -0.126. The summed E-state index contributed by atoms with van der Waals surface area (Å²) in [7, 11) is 0. The lowest BCUT2D eigenvalue weighted by Gasteiger charge is -2.32. The monoisotopic (exact) mass is 446 g/mol. The molecule has 0 radical (unpaired) electrons. The van der Waals surface area contributed by atoms with Crippen LogP contribution >= 0.6 is 11.6 Å². The molecule has 1 aliphatic heterocycles. The molecular weight excluding hydrogens is 416 g/mol. The first-order valence-electron chi connectivity index (χ1n) is 11.5. The lowest BCUT2D eigenvalue weighted by Crippen LogP contribution is -2.40. The molecule has 1 fully saturated rings. The number of nitrogens with zero attached hydrogens (tertiary/aromatic N) is 1. The first kappa shape index (κ1) is 22.6. The fourth-order valence-electron chi connectivity index (χ4n) is 4.56. The van der Waals surface area contributed by atoms with Gasteiger partial charge in [0, 0.05) is 23.4 Å². The van der Waals surface area contributed by atoms with Crippen molar-refractivity contribution in [2.75, 3.05) is 19.6 Å². The summed E-state index contributed by atoms with van der Waals surface area (Å²) >= 11 is 5.93. The number of piperidine rings is 1. The highest BCUT2D eigenvalue weighted by Gasteiger charge is 2.25. The Labute approximate surface area is 196 Å². The van der Waals surface area contributed by atoms with Gasteiger partial charge in [-0.3, -0.25) is 4.79 Å². The molecule has 0 unspecified atom stereocenters. The van der Waals surface area contributed by atoms with Gasteiger partial charge in [0.2, 0.25) is 5.91 Å². The number of rotatable bonds is 8. The molecule has 0 atom stereocenters. The zero-order chi connectivity index (χ0) is 22.2. The summed E-state index contributed by atoms with van der Waals surface area (Å²) in [5, 5.41) is 3.81. The number of hydrogen-bond donors (Lipinski definition) is 1. The Bertz CT molecular complexity index is 928. The standard InChI is InChI=1S/C28H31ClN2O/c29-26-13-11-22(12-14-26)21-30-28(32)25-15-18-31(19-16-25)20-17-27(23-7-3-1-4-8-23)24-9-5-2-6-10-24/h1-14,25,27H,15-21H2,(H,30,32). The number of amides is 1. The number of halogens is 1. The number of benzene rings is 3. The highest BCUT2D eigenvalue weighted by atomic mass is 35.5. The second-order valence-electron chi connectivity index (χ2n) is 8.62. The fraction of sp³-hybridized carbons (Fsp3) is 0.321. The predicted molar refractivity (Wildman–Crippen MR) is 132 cm³/mol. The molecule has 0 aromatic heterocycles. The molecule has 0 aliphatic carbocycles.